The highest BCUT2D eigenvalue weighted by molar-refractivity contribution is 7.89. The van der Waals surface area contributed by atoms with E-state index in [0.29, 0.717) is 12.1 Å². The van der Waals surface area contributed by atoms with Crippen molar-refractivity contribution in [2.45, 2.75) is 31.5 Å². The van der Waals surface area contributed by atoms with Gasteiger partial charge < -0.3 is 4.90 Å². The topological polar surface area (TPSA) is 78.0 Å². The number of imide groups is 1. The maximum Gasteiger partial charge on any atom is 0.332 e. The molecule has 8 heteroatoms. The summed E-state index contributed by atoms with van der Waals surface area (Å²) in [6.07, 6.45) is 0.532. The SMILES string of the molecule is CCS(=O)(=O)N1CC2CC1[C@H]1C(=O)N(c3cccc4ccccc34)C(=O)N21. The number of hydrogen-bond acceptors (Lipinski definition) is 4. The van der Waals surface area contributed by atoms with Crippen LogP contribution in [0.3, 0.4) is 0 Å². The molecule has 0 spiro atoms. The number of amides is 3. The highest BCUT2D eigenvalue weighted by Crippen LogP contribution is 2.44. The first kappa shape index (κ1) is 16.7. The van der Waals surface area contributed by atoms with Gasteiger partial charge in [0.25, 0.3) is 5.91 Å². The van der Waals surface area contributed by atoms with Crippen molar-refractivity contribution in [3.8, 4) is 0 Å². The van der Waals surface area contributed by atoms with Crippen molar-refractivity contribution in [1.82, 2.24) is 9.21 Å². The van der Waals surface area contributed by atoms with Gasteiger partial charge in [-0.1, -0.05) is 36.4 Å². The zero-order valence-electron chi connectivity index (χ0n) is 14.8. The summed E-state index contributed by atoms with van der Waals surface area (Å²) in [5.74, 6) is -0.335. The molecule has 3 fully saturated rings. The highest BCUT2D eigenvalue weighted by atomic mass is 32.2. The summed E-state index contributed by atoms with van der Waals surface area (Å²) >= 11 is 0. The molecule has 0 saturated carbocycles. The van der Waals surface area contributed by atoms with Crippen LogP contribution in [-0.2, 0) is 14.8 Å². The second kappa shape index (κ2) is 5.53. The Morgan fingerprint density at radius 1 is 1.07 bits per heavy atom. The molecule has 3 saturated heterocycles. The summed E-state index contributed by atoms with van der Waals surface area (Å²) in [6.45, 7) is 1.88. The third kappa shape index (κ3) is 2.14. The minimum Gasteiger partial charge on any atom is -0.306 e. The van der Waals surface area contributed by atoms with Gasteiger partial charge in [0, 0.05) is 18.0 Å². The lowest BCUT2D eigenvalue weighted by atomic mass is 10.1. The molecule has 0 radical (unpaired) electrons. The number of piperazine rings is 1. The Hall–Kier alpha value is -2.45. The minimum absolute atomic E-state index is 0.00187. The molecule has 3 heterocycles. The van der Waals surface area contributed by atoms with Gasteiger partial charge in [-0.25, -0.2) is 18.1 Å². The number of carbonyl (C=O) groups is 2. The van der Waals surface area contributed by atoms with Crippen LogP contribution in [0.5, 0.6) is 0 Å². The molecule has 2 unspecified atom stereocenters. The first-order chi connectivity index (χ1) is 12.9. The van der Waals surface area contributed by atoms with Crippen LogP contribution >= 0.6 is 0 Å². The van der Waals surface area contributed by atoms with Crippen molar-refractivity contribution < 1.29 is 18.0 Å². The van der Waals surface area contributed by atoms with Gasteiger partial charge in [-0.3, -0.25) is 4.79 Å². The van der Waals surface area contributed by atoms with Gasteiger partial charge >= 0.3 is 6.03 Å². The average molecular weight is 385 g/mol. The highest BCUT2D eigenvalue weighted by Gasteiger charge is 2.63. The number of hydrogen-bond donors (Lipinski definition) is 0. The molecule has 2 bridgehead atoms. The molecule has 3 aliphatic heterocycles. The van der Waals surface area contributed by atoms with Crippen molar-refractivity contribution >= 4 is 38.4 Å². The number of benzene rings is 2. The molecule has 0 N–H and O–H groups in total. The van der Waals surface area contributed by atoms with Crippen molar-refractivity contribution in [1.29, 1.82) is 0 Å². The second-order valence-electron chi connectivity index (χ2n) is 7.23. The predicted octanol–water partition coefficient (Wildman–Crippen LogP) is 1.78. The van der Waals surface area contributed by atoms with E-state index >= 15 is 0 Å². The smallest absolute Gasteiger partial charge is 0.306 e. The van der Waals surface area contributed by atoms with Crippen LogP contribution in [0.1, 0.15) is 13.3 Å². The first-order valence-electron chi connectivity index (χ1n) is 9.07. The molecule has 2 aromatic rings. The lowest BCUT2D eigenvalue weighted by Gasteiger charge is -2.33. The monoisotopic (exact) mass is 385 g/mol. The maximum absolute atomic E-state index is 13.2. The molecule has 3 atom stereocenters. The fraction of sp³-hybridized carbons (Fsp3) is 0.368. The second-order valence-corrected chi connectivity index (χ2v) is 9.44. The fourth-order valence-corrected chi connectivity index (χ4v) is 6.07. The molecule has 3 aliphatic rings. The molecule has 3 amide bonds. The number of nitrogens with zero attached hydrogens (tertiary/aromatic N) is 3. The van der Waals surface area contributed by atoms with E-state index in [2.05, 4.69) is 0 Å². The lowest BCUT2D eigenvalue weighted by molar-refractivity contribution is -0.120. The third-order valence-electron chi connectivity index (χ3n) is 5.95. The van der Waals surface area contributed by atoms with E-state index in [1.54, 1.807) is 17.9 Å². The van der Waals surface area contributed by atoms with E-state index in [-0.39, 0.29) is 30.3 Å². The van der Waals surface area contributed by atoms with Gasteiger partial charge in [0.2, 0.25) is 10.0 Å². The van der Waals surface area contributed by atoms with Gasteiger partial charge in [-0.15, -0.1) is 0 Å². The van der Waals surface area contributed by atoms with Gasteiger partial charge in [-0.05, 0) is 24.8 Å². The van der Waals surface area contributed by atoms with Crippen LogP contribution in [0, 0.1) is 0 Å². The summed E-state index contributed by atoms with van der Waals surface area (Å²) in [5, 5.41) is 1.77. The summed E-state index contributed by atoms with van der Waals surface area (Å²) in [6, 6.07) is 11.4. The third-order valence-corrected chi connectivity index (χ3v) is 7.81. The average Bonchev–Trinajstić information content (AvgIpc) is 3.33. The van der Waals surface area contributed by atoms with E-state index in [4.69, 9.17) is 0 Å². The van der Waals surface area contributed by atoms with E-state index in [1.165, 1.54) is 9.21 Å². The standard InChI is InChI=1S/C19H19N3O4S/c1-2-27(25,26)20-11-13-10-16(20)17-18(23)22(19(24)21(13)17)15-9-5-7-12-6-3-4-8-14(12)15/h3-9,13,16-17H,2,10-11H2,1H3/t13?,16?,17-/m0/s1. The molecule has 5 rings (SSSR count). The van der Waals surface area contributed by atoms with E-state index in [0.717, 1.165) is 10.8 Å². The summed E-state index contributed by atoms with van der Waals surface area (Å²) in [5.41, 5.74) is 0.557. The summed E-state index contributed by atoms with van der Waals surface area (Å²) < 4.78 is 26.2. The van der Waals surface area contributed by atoms with Crippen molar-refractivity contribution in [2.24, 2.45) is 0 Å². The quantitative estimate of drug-likeness (QED) is 0.755. The van der Waals surface area contributed by atoms with Crippen LogP contribution in [0.25, 0.3) is 10.8 Å². The molecule has 27 heavy (non-hydrogen) atoms. The number of sulfonamides is 1. The number of urea groups is 1. The Morgan fingerprint density at radius 2 is 1.81 bits per heavy atom. The molecule has 0 aliphatic carbocycles. The van der Waals surface area contributed by atoms with Crippen LogP contribution < -0.4 is 4.90 Å². The molecule has 2 aromatic carbocycles. The van der Waals surface area contributed by atoms with Crippen LogP contribution in [0.4, 0.5) is 10.5 Å². The van der Waals surface area contributed by atoms with Crippen molar-refractivity contribution in [3.05, 3.63) is 42.5 Å². The Kier molecular flexibility index (Phi) is 3.42. The molecule has 7 nitrogen and oxygen atoms in total. The predicted molar refractivity (Wildman–Crippen MR) is 101 cm³/mol. The van der Waals surface area contributed by atoms with Gasteiger partial charge in [0.15, 0.2) is 0 Å². The molecule has 140 valence electrons. The number of rotatable bonds is 3. The van der Waals surface area contributed by atoms with E-state index < -0.39 is 22.1 Å². The normalized spacial score (nSPS) is 27.8. The number of carbonyl (C=O) groups excluding carboxylic acids is 2. The Labute approximate surface area is 157 Å². The van der Waals surface area contributed by atoms with Crippen molar-refractivity contribution in [2.75, 3.05) is 17.2 Å². The lowest BCUT2D eigenvalue weighted by Crippen LogP contribution is -2.55. The Balaban J connectivity index is 1.58. The zero-order chi connectivity index (χ0) is 18.9. The fourth-order valence-electron chi connectivity index (χ4n) is 4.73. The largest absolute Gasteiger partial charge is 0.332 e. The zero-order valence-corrected chi connectivity index (χ0v) is 15.6. The van der Waals surface area contributed by atoms with Gasteiger partial charge in [0.05, 0.1) is 17.5 Å². The van der Waals surface area contributed by atoms with Crippen LogP contribution in [0.2, 0.25) is 0 Å². The maximum atomic E-state index is 13.2. The minimum atomic E-state index is -3.40. The molecule has 0 aromatic heterocycles. The molecular formula is C19H19N3O4S. The van der Waals surface area contributed by atoms with Crippen LogP contribution in [-0.4, -0.2) is 60.0 Å². The first-order valence-corrected chi connectivity index (χ1v) is 10.7. The van der Waals surface area contributed by atoms with Gasteiger partial charge in [0.1, 0.15) is 6.04 Å². The van der Waals surface area contributed by atoms with Crippen molar-refractivity contribution in [3.63, 3.8) is 0 Å². The number of fused-ring (bicyclic) bond motifs is 6. The summed E-state index contributed by atoms with van der Waals surface area (Å²) in [7, 11) is -3.40. The van der Waals surface area contributed by atoms with E-state index in [1.807, 2.05) is 36.4 Å². The van der Waals surface area contributed by atoms with Gasteiger partial charge in [-0.2, -0.15) is 4.31 Å². The van der Waals surface area contributed by atoms with E-state index in [9.17, 15) is 18.0 Å². The summed E-state index contributed by atoms with van der Waals surface area (Å²) in [4.78, 5) is 29.2. The Bertz CT molecular complexity index is 1080. The molecular weight excluding hydrogens is 366 g/mol. The van der Waals surface area contributed by atoms with Crippen LogP contribution in [0.15, 0.2) is 42.5 Å². The Morgan fingerprint density at radius 3 is 2.59 bits per heavy atom. The number of anilines is 1.